The average molecular weight is 499 g/mol. The van der Waals surface area contributed by atoms with Gasteiger partial charge >= 0.3 is 12.1 Å². The number of methoxy groups -OCH3 is 2. The fourth-order valence-electron chi connectivity index (χ4n) is 4.01. The van der Waals surface area contributed by atoms with Gasteiger partial charge in [0.2, 0.25) is 5.82 Å². The standard InChI is InChI=1S/C22H18F5N3O5/c1-33-14-5-3-4-11(18(14)34-2)17-12-8-10(22(25,26)27)6-7-13(12)30-20(15(35-17)9-16(31)32)28-29-21(30)19(23)24/h3-8,15,17,19H,9H2,1-2H3,(H,31,32)/t15-,17-/m0/s1. The van der Waals surface area contributed by atoms with E-state index in [9.17, 15) is 31.9 Å². The van der Waals surface area contributed by atoms with Crippen LogP contribution in [-0.4, -0.2) is 40.1 Å². The van der Waals surface area contributed by atoms with Crippen molar-refractivity contribution in [3.63, 3.8) is 0 Å². The molecule has 3 aromatic rings. The Balaban J connectivity index is 2.06. The second-order valence-corrected chi connectivity index (χ2v) is 7.51. The van der Waals surface area contributed by atoms with Crippen LogP contribution < -0.4 is 9.47 Å². The van der Waals surface area contributed by atoms with E-state index in [1.165, 1.54) is 26.4 Å². The van der Waals surface area contributed by atoms with Crippen LogP contribution in [0, 0.1) is 0 Å². The van der Waals surface area contributed by atoms with Crippen molar-refractivity contribution in [3.8, 4) is 17.2 Å². The van der Waals surface area contributed by atoms with Gasteiger partial charge in [0.25, 0.3) is 6.43 Å². The van der Waals surface area contributed by atoms with Crippen molar-refractivity contribution in [1.29, 1.82) is 0 Å². The van der Waals surface area contributed by atoms with E-state index in [2.05, 4.69) is 10.2 Å². The van der Waals surface area contributed by atoms with Gasteiger partial charge in [0.05, 0.1) is 31.9 Å². The quantitative estimate of drug-likeness (QED) is 0.483. The summed E-state index contributed by atoms with van der Waals surface area (Å²) in [7, 11) is 2.67. The number of para-hydroxylation sites is 1. The molecule has 0 amide bonds. The third kappa shape index (κ3) is 4.38. The molecule has 0 radical (unpaired) electrons. The third-order valence-corrected chi connectivity index (χ3v) is 5.45. The topological polar surface area (TPSA) is 95.7 Å². The van der Waals surface area contributed by atoms with Crippen LogP contribution >= 0.6 is 0 Å². The van der Waals surface area contributed by atoms with E-state index in [4.69, 9.17) is 14.2 Å². The smallest absolute Gasteiger partial charge is 0.416 e. The second-order valence-electron chi connectivity index (χ2n) is 7.51. The summed E-state index contributed by atoms with van der Waals surface area (Å²) in [6.45, 7) is 0. The highest BCUT2D eigenvalue weighted by molar-refractivity contribution is 5.68. The molecule has 2 atom stereocenters. The molecule has 0 fully saturated rings. The molecule has 35 heavy (non-hydrogen) atoms. The molecule has 2 aromatic carbocycles. The lowest BCUT2D eigenvalue weighted by Crippen LogP contribution is -2.16. The number of benzene rings is 2. The van der Waals surface area contributed by atoms with Crippen molar-refractivity contribution in [2.24, 2.45) is 0 Å². The molecule has 0 aliphatic carbocycles. The summed E-state index contributed by atoms with van der Waals surface area (Å²) >= 11 is 0. The molecule has 0 saturated carbocycles. The number of ether oxygens (including phenoxy) is 3. The summed E-state index contributed by atoms with van der Waals surface area (Å²) < 4.78 is 86.1. The Bertz CT molecular complexity index is 1260. The normalized spacial score (nSPS) is 17.5. The fourth-order valence-corrected chi connectivity index (χ4v) is 4.01. The molecule has 0 spiro atoms. The molecule has 1 aliphatic rings. The highest BCUT2D eigenvalue weighted by Gasteiger charge is 2.40. The zero-order chi connectivity index (χ0) is 25.5. The number of nitrogens with zero attached hydrogens (tertiary/aromatic N) is 3. The number of fused-ring (bicyclic) bond motifs is 3. The molecule has 4 rings (SSSR count). The van der Waals surface area contributed by atoms with Crippen molar-refractivity contribution in [3.05, 3.63) is 64.7 Å². The largest absolute Gasteiger partial charge is 0.493 e. The minimum absolute atomic E-state index is 0.115. The van der Waals surface area contributed by atoms with Gasteiger partial charge in [-0.15, -0.1) is 10.2 Å². The molecule has 0 unspecified atom stereocenters. The molecule has 8 nitrogen and oxygen atoms in total. The van der Waals surface area contributed by atoms with Gasteiger partial charge in [-0.2, -0.15) is 13.2 Å². The summed E-state index contributed by atoms with van der Waals surface area (Å²) in [5.74, 6) is -2.15. The number of hydrogen-bond acceptors (Lipinski definition) is 6. The number of carboxylic acid groups (broad SMARTS) is 1. The van der Waals surface area contributed by atoms with Crippen LogP contribution in [0.3, 0.4) is 0 Å². The minimum Gasteiger partial charge on any atom is -0.493 e. The predicted octanol–water partition coefficient (Wildman–Crippen LogP) is 4.88. The summed E-state index contributed by atoms with van der Waals surface area (Å²) in [5, 5.41) is 16.6. The average Bonchev–Trinajstić information content (AvgIpc) is 3.20. The lowest BCUT2D eigenvalue weighted by Gasteiger charge is -2.25. The molecule has 186 valence electrons. The Morgan fingerprint density at radius 2 is 1.89 bits per heavy atom. The maximum absolute atomic E-state index is 13.8. The Hall–Kier alpha value is -3.74. The molecular weight excluding hydrogens is 481 g/mol. The van der Waals surface area contributed by atoms with Crippen molar-refractivity contribution < 1.29 is 46.1 Å². The van der Waals surface area contributed by atoms with E-state index in [-0.39, 0.29) is 34.1 Å². The number of rotatable bonds is 6. The first kappa shape index (κ1) is 24.4. The molecular formula is C22H18F5N3O5. The molecule has 2 heterocycles. The molecule has 0 saturated heterocycles. The number of carboxylic acids is 1. The number of alkyl halides is 5. The summed E-state index contributed by atoms with van der Waals surface area (Å²) in [4.78, 5) is 11.6. The maximum atomic E-state index is 13.8. The minimum atomic E-state index is -4.76. The van der Waals surface area contributed by atoms with Gasteiger partial charge in [-0.1, -0.05) is 12.1 Å². The van der Waals surface area contributed by atoms with Crippen LogP contribution in [-0.2, 0) is 15.7 Å². The van der Waals surface area contributed by atoms with Gasteiger partial charge in [-0.25, -0.2) is 8.78 Å². The van der Waals surface area contributed by atoms with E-state index in [0.29, 0.717) is 0 Å². The zero-order valence-electron chi connectivity index (χ0n) is 18.2. The number of aliphatic carboxylic acids is 1. The van der Waals surface area contributed by atoms with Gasteiger partial charge in [0.15, 0.2) is 17.3 Å². The lowest BCUT2D eigenvalue weighted by molar-refractivity contribution is -0.141. The SMILES string of the molecule is COc1cccc([C@@H]2O[C@@H](CC(=O)O)c3nnc(C(F)F)n3-c3ccc(C(F)(F)F)cc32)c1OC. The van der Waals surface area contributed by atoms with E-state index >= 15 is 0 Å². The molecule has 1 aliphatic heterocycles. The Morgan fingerprint density at radius 3 is 2.49 bits per heavy atom. The highest BCUT2D eigenvalue weighted by atomic mass is 19.4. The van der Waals surface area contributed by atoms with Crippen LogP contribution in [0.4, 0.5) is 22.0 Å². The van der Waals surface area contributed by atoms with Gasteiger partial charge in [0, 0.05) is 11.1 Å². The molecule has 13 heteroatoms. The number of aromatic nitrogens is 3. The number of carbonyl (C=O) groups is 1. The highest BCUT2D eigenvalue weighted by Crippen LogP contribution is 2.47. The van der Waals surface area contributed by atoms with E-state index in [1.807, 2.05) is 0 Å². The van der Waals surface area contributed by atoms with Crippen molar-refractivity contribution in [1.82, 2.24) is 14.8 Å². The van der Waals surface area contributed by atoms with Crippen LogP contribution in [0.1, 0.15) is 53.4 Å². The van der Waals surface area contributed by atoms with E-state index < -0.39 is 48.6 Å². The van der Waals surface area contributed by atoms with Crippen LogP contribution in [0.2, 0.25) is 0 Å². The van der Waals surface area contributed by atoms with E-state index in [0.717, 1.165) is 22.8 Å². The van der Waals surface area contributed by atoms with Gasteiger partial charge in [-0.3, -0.25) is 9.36 Å². The fraction of sp³-hybridized carbons (Fsp3) is 0.318. The number of hydrogen-bond donors (Lipinski definition) is 1. The third-order valence-electron chi connectivity index (χ3n) is 5.45. The van der Waals surface area contributed by atoms with Gasteiger partial charge in [-0.05, 0) is 24.3 Å². The Morgan fingerprint density at radius 1 is 1.14 bits per heavy atom. The van der Waals surface area contributed by atoms with Gasteiger partial charge in [0.1, 0.15) is 12.2 Å². The summed E-state index contributed by atoms with van der Waals surface area (Å²) in [6, 6.07) is 7.08. The van der Waals surface area contributed by atoms with Crippen LogP contribution in [0.15, 0.2) is 36.4 Å². The van der Waals surface area contributed by atoms with Crippen LogP contribution in [0.25, 0.3) is 5.69 Å². The van der Waals surface area contributed by atoms with Crippen molar-refractivity contribution in [2.75, 3.05) is 14.2 Å². The molecule has 1 aromatic heterocycles. The zero-order valence-corrected chi connectivity index (χ0v) is 18.2. The molecule has 0 bridgehead atoms. The maximum Gasteiger partial charge on any atom is 0.416 e. The van der Waals surface area contributed by atoms with Crippen LogP contribution in [0.5, 0.6) is 11.5 Å². The van der Waals surface area contributed by atoms with E-state index in [1.54, 1.807) is 6.07 Å². The summed E-state index contributed by atoms with van der Waals surface area (Å²) in [5.41, 5.74) is -1.14. The Labute approximate surface area is 194 Å². The first-order chi connectivity index (χ1) is 16.6. The first-order valence-corrected chi connectivity index (χ1v) is 10.1. The monoisotopic (exact) mass is 499 g/mol. The Kier molecular flexibility index (Phi) is 6.36. The number of halogens is 5. The van der Waals surface area contributed by atoms with Gasteiger partial charge < -0.3 is 19.3 Å². The molecule has 1 N–H and O–H groups in total. The summed E-state index contributed by atoms with van der Waals surface area (Å²) in [6.07, 6.45) is -11.4. The lowest BCUT2D eigenvalue weighted by atomic mass is 9.96. The predicted molar refractivity (Wildman–Crippen MR) is 109 cm³/mol. The first-order valence-electron chi connectivity index (χ1n) is 10.1. The van der Waals surface area contributed by atoms with Crippen molar-refractivity contribution >= 4 is 5.97 Å². The van der Waals surface area contributed by atoms with Crippen molar-refractivity contribution in [2.45, 2.75) is 31.2 Å². The second kappa shape index (κ2) is 9.13.